The third-order valence-electron chi connectivity index (χ3n) is 3.93. The van der Waals surface area contributed by atoms with Gasteiger partial charge in [-0.05, 0) is 45.0 Å². The van der Waals surface area contributed by atoms with E-state index in [9.17, 15) is 0 Å². The van der Waals surface area contributed by atoms with Gasteiger partial charge in [-0.3, -0.25) is 4.90 Å². The predicted octanol–water partition coefficient (Wildman–Crippen LogP) is 1.96. The summed E-state index contributed by atoms with van der Waals surface area (Å²) in [4.78, 5) is 2.74. The van der Waals surface area contributed by atoms with Crippen molar-refractivity contribution in [2.24, 2.45) is 0 Å². The highest BCUT2D eigenvalue weighted by Crippen LogP contribution is 2.25. The lowest BCUT2D eigenvalue weighted by Crippen LogP contribution is -2.50. The van der Waals surface area contributed by atoms with Crippen molar-refractivity contribution in [1.82, 2.24) is 10.2 Å². The van der Waals surface area contributed by atoms with Crippen molar-refractivity contribution in [2.45, 2.75) is 44.7 Å². The zero-order valence-corrected chi connectivity index (χ0v) is 10.9. The highest BCUT2D eigenvalue weighted by atomic mass is 32.2. The van der Waals surface area contributed by atoms with Crippen molar-refractivity contribution >= 4 is 11.8 Å². The molecular weight excluding hydrogens is 204 g/mol. The number of thioether (sulfide) groups is 1. The highest BCUT2D eigenvalue weighted by Gasteiger charge is 2.31. The van der Waals surface area contributed by atoms with Crippen molar-refractivity contribution in [3.8, 4) is 0 Å². The first-order chi connectivity index (χ1) is 7.23. The van der Waals surface area contributed by atoms with E-state index in [1.807, 2.05) is 0 Å². The summed E-state index contributed by atoms with van der Waals surface area (Å²) >= 11 is 2.13. The van der Waals surface area contributed by atoms with Crippen LogP contribution in [0.5, 0.6) is 0 Å². The van der Waals surface area contributed by atoms with E-state index >= 15 is 0 Å². The second-order valence-corrected chi connectivity index (χ2v) is 6.33. The first kappa shape index (κ1) is 11.7. The topological polar surface area (TPSA) is 15.3 Å². The van der Waals surface area contributed by atoms with Gasteiger partial charge in [0.15, 0.2) is 0 Å². The molecule has 2 unspecified atom stereocenters. The van der Waals surface area contributed by atoms with E-state index in [1.165, 1.54) is 50.4 Å². The maximum absolute atomic E-state index is 3.71. The lowest BCUT2D eigenvalue weighted by atomic mass is 9.98. The fourth-order valence-electron chi connectivity index (χ4n) is 2.61. The molecule has 0 spiro atoms. The molecule has 0 aromatic heterocycles. The first-order valence-electron chi connectivity index (χ1n) is 6.30. The van der Waals surface area contributed by atoms with Crippen LogP contribution >= 0.6 is 11.8 Å². The second kappa shape index (κ2) is 5.07. The molecule has 1 N–H and O–H groups in total. The third-order valence-corrected chi connectivity index (χ3v) is 5.07. The zero-order valence-electron chi connectivity index (χ0n) is 10.1. The van der Waals surface area contributed by atoms with E-state index < -0.39 is 0 Å². The standard InChI is InChI=1S/C12H24N2S/c1-3-12(2)10-14(7-4-6-13-12)11-5-8-15-9-11/h11,13H,3-10H2,1-2H3. The van der Waals surface area contributed by atoms with Crippen LogP contribution in [0.2, 0.25) is 0 Å². The Labute approximate surface area is 98.2 Å². The fourth-order valence-corrected chi connectivity index (χ4v) is 3.87. The molecule has 0 radical (unpaired) electrons. The Bertz CT molecular complexity index is 204. The van der Waals surface area contributed by atoms with Gasteiger partial charge in [0, 0.05) is 23.9 Å². The van der Waals surface area contributed by atoms with Crippen molar-refractivity contribution in [3.63, 3.8) is 0 Å². The predicted molar refractivity (Wildman–Crippen MR) is 68.6 cm³/mol. The Kier molecular flexibility index (Phi) is 3.97. The van der Waals surface area contributed by atoms with Gasteiger partial charge in [-0.15, -0.1) is 0 Å². The average Bonchev–Trinajstić information content (AvgIpc) is 2.69. The monoisotopic (exact) mass is 228 g/mol. The Balaban J connectivity index is 1.98. The van der Waals surface area contributed by atoms with Gasteiger partial charge in [-0.2, -0.15) is 11.8 Å². The molecule has 0 aromatic rings. The van der Waals surface area contributed by atoms with Crippen molar-refractivity contribution in [3.05, 3.63) is 0 Å². The summed E-state index contributed by atoms with van der Waals surface area (Å²) in [5.74, 6) is 2.73. The molecule has 0 amide bonds. The van der Waals surface area contributed by atoms with Crippen LogP contribution in [0.25, 0.3) is 0 Å². The Morgan fingerprint density at radius 1 is 1.53 bits per heavy atom. The minimum absolute atomic E-state index is 0.351. The molecule has 2 aliphatic rings. The Hall–Kier alpha value is 0.270. The van der Waals surface area contributed by atoms with Gasteiger partial charge in [0.1, 0.15) is 0 Å². The van der Waals surface area contributed by atoms with E-state index in [0.717, 1.165) is 6.04 Å². The molecule has 0 bridgehead atoms. The second-order valence-electron chi connectivity index (χ2n) is 5.18. The van der Waals surface area contributed by atoms with E-state index in [1.54, 1.807) is 0 Å². The summed E-state index contributed by atoms with van der Waals surface area (Å²) in [5.41, 5.74) is 0.351. The van der Waals surface area contributed by atoms with Crippen LogP contribution in [0, 0.1) is 0 Å². The maximum Gasteiger partial charge on any atom is 0.0277 e. The summed E-state index contributed by atoms with van der Waals surface area (Å²) in [6.07, 6.45) is 3.96. The largest absolute Gasteiger partial charge is 0.310 e. The summed E-state index contributed by atoms with van der Waals surface area (Å²) in [7, 11) is 0. The molecule has 2 aliphatic heterocycles. The molecule has 88 valence electrons. The van der Waals surface area contributed by atoms with E-state index in [0.29, 0.717) is 5.54 Å². The van der Waals surface area contributed by atoms with E-state index in [-0.39, 0.29) is 0 Å². The van der Waals surface area contributed by atoms with Crippen LogP contribution in [-0.2, 0) is 0 Å². The fraction of sp³-hybridized carbons (Fsp3) is 1.00. The molecule has 2 fully saturated rings. The van der Waals surface area contributed by atoms with Crippen LogP contribution in [0.3, 0.4) is 0 Å². The minimum atomic E-state index is 0.351. The number of hydrogen-bond acceptors (Lipinski definition) is 3. The third kappa shape index (κ3) is 2.89. The quantitative estimate of drug-likeness (QED) is 0.778. The van der Waals surface area contributed by atoms with Gasteiger partial charge in [0.05, 0.1) is 0 Å². The molecule has 2 rings (SSSR count). The number of nitrogens with zero attached hydrogens (tertiary/aromatic N) is 1. The van der Waals surface area contributed by atoms with Gasteiger partial charge >= 0.3 is 0 Å². The van der Waals surface area contributed by atoms with E-state index in [4.69, 9.17) is 0 Å². The van der Waals surface area contributed by atoms with Gasteiger partial charge in [-0.1, -0.05) is 6.92 Å². The molecule has 0 aromatic carbocycles. The molecule has 2 saturated heterocycles. The summed E-state index contributed by atoms with van der Waals surface area (Å²) < 4.78 is 0. The van der Waals surface area contributed by atoms with E-state index in [2.05, 4.69) is 35.8 Å². The summed E-state index contributed by atoms with van der Waals surface area (Å²) in [6, 6.07) is 0.862. The molecule has 15 heavy (non-hydrogen) atoms. The Morgan fingerprint density at radius 3 is 3.07 bits per heavy atom. The minimum Gasteiger partial charge on any atom is -0.310 e. The zero-order chi connectivity index (χ0) is 10.7. The SMILES string of the molecule is CCC1(C)CN(C2CCSC2)CCCN1. The smallest absolute Gasteiger partial charge is 0.0277 e. The Morgan fingerprint density at radius 2 is 2.40 bits per heavy atom. The average molecular weight is 228 g/mol. The molecule has 0 aliphatic carbocycles. The van der Waals surface area contributed by atoms with Crippen molar-refractivity contribution < 1.29 is 0 Å². The molecule has 2 atom stereocenters. The van der Waals surface area contributed by atoms with Crippen LogP contribution in [0.1, 0.15) is 33.1 Å². The van der Waals surface area contributed by atoms with Crippen LogP contribution < -0.4 is 5.32 Å². The molecule has 0 saturated carbocycles. The normalized spacial score (nSPS) is 39.2. The number of hydrogen-bond donors (Lipinski definition) is 1. The lowest BCUT2D eigenvalue weighted by molar-refractivity contribution is 0.172. The van der Waals surface area contributed by atoms with Crippen LogP contribution in [0.4, 0.5) is 0 Å². The molecule has 2 heterocycles. The molecular formula is C12H24N2S. The molecule has 2 nitrogen and oxygen atoms in total. The van der Waals surface area contributed by atoms with Gasteiger partial charge < -0.3 is 5.32 Å². The van der Waals surface area contributed by atoms with Gasteiger partial charge in [-0.25, -0.2) is 0 Å². The lowest BCUT2D eigenvalue weighted by Gasteiger charge is -2.35. The van der Waals surface area contributed by atoms with Crippen molar-refractivity contribution in [1.29, 1.82) is 0 Å². The molecule has 3 heteroatoms. The summed E-state index contributed by atoms with van der Waals surface area (Å²) in [6.45, 7) is 8.43. The first-order valence-corrected chi connectivity index (χ1v) is 7.46. The van der Waals surface area contributed by atoms with Crippen molar-refractivity contribution in [2.75, 3.05) is 31.1 Å². The van der Waals surface area contributed by atoms with Gasteiger partial charge in [0.25, 0.3) is 0 Å². The van der Waals surface area contributed by atoms with Crippen LogP contribution in [-0.4, -0.2) is 47.6 Å². The maximum atomic E-state index is 3.71. The highest BCUT2D eigenvalue weighted by molar-refractivity contribution is 7.99. The van der Waals surface area contributed by atoms with Gasteiger partial charge in [0.2, 0.25) is 0 Å². The van der Waals surface area contributed by atoms with Crippen LogP contribution in [0.15, 0.2) is 0 Å². The summed E-state index contributed by atoms with van der Waals surface area (Å²) in [5, 5.41) is 3.71. The number of nitrogens with one attached hydrogen (secondary N) is 1. The number of rotatable bonds is 2.